The van der Waals surface area contributed by atoms with Gasteiger partial charge in [-0.05, 0) is 55.8 Å². The second-order valence-corrected chi connectivity index (χ2v) is 7.87. The maximum absolute atomic E-state index is 6.56. The molecule has 1 heteroatoms. The molecule has 0 N–H and O–H groups in total. The van der Waals surface area contributed by atoms with Crippen molar-refractivity contribution in [1.29, 1.82) is 0 Å². The Kier molecular flexibility index (Phi) is 3.62. The van der Waals surface area contributed by atoms with Gasteiger partial charge in [-0.25, -0.2) is 0 Å². The van der Waals surface area contributed by atoms with Crippen molar-refractivity contribution in [3.05, 3.63) is 108 Å². The molecule has 6 rings (SSSR count). The van der Waals surface area contributed by atoms with Crippen molar-refractivity contribution in [1.82, 2.24) is 0 Å². The van der Waals surface area contributed by atoms with E-state index in [1.807, 2.05) is 18.2 Å². The Balaban J connectivity index is 1.67. The van der Waals surface area contributed by atoms with E-state index in [9.17, 15) is 0 Å². The van der Waals surface area contributed by atoms with Crippen molar-refractivity contribution in [2.45, 2.75) is 0 Å². The summed E-state index contributed by atoms with van der Waals surface area (Å²) < 4.78 is 0. The molecule has 0 spiro atoms. The molecule has 0 saturated carbocycles. The van der Waals surface area contributed by atoms with Crippen molar-refractivity contribution in [2.24, 2.45) is 0 Å². The molecule has 0 fully saturated rings. The highest BCUT2D eigenvalue weighted by atomic mass is 35.5. The first kappa shape index (κ1) is 16.6. The predicted molar refractivity (Wildman–Crippen MR) is 124 cm³/mol. The Hall–Kier alpha value is -3.35. The quantitative estimate of drug-likeness (QED) is 0.279. The molecule has 0 bridgehead atoms. The lowest BCUT2D eigenvalue weighted by atomic mass is 9.89. The first-order chi connectivity index (χ1) is 14.3. The van der Waals surface area contributed by atoms with Crippen molar-refractivity contribution in [3.63, 3.8) is 0 Å². The van der Waals surface area contributed by atoms with Gasteiger partial charge < -0.3 is 0 Å². The molecule has 0 aromatic heterocycles. The summed E-state index contributed by atoms with van der Waals surface area (Å²) in [6, 6.07) is 36.5. The number of fused-ring (bicyclic) bond motifs is 3. The van der Waals surface area contributed by atoms with Crippen LogP contribution in [0.4, 0.5) is 0 Å². The van der Waals surface area contributed by atoms with E-state index in [0.717, 1.165) is 16.1 Å². The van der Waals surface area contributed by atoms with Crippen LogP contribution >= 0.6 is 11.6 Å². The van der Waals surface area contributed by atoms with E-state index in [2.05, 4.69) is 84.9 Å². The summed E-state index contributed by atoms with van der Waals surface area (Å²) in [5.41, 5.74) is 9.98. The summed E-state index contributed by atoms with van der Waals surface area (Å²) in [5.74, 6) is 0. The van der Waals surface area contributed by atoms with Crippen LogP contribution in [0.25, 0.3) is 55.3 Å². The summed E-state index contributed by atoms with van der Waals surface area (Å²) >= 11 is 6.56. The minimum Gasteiger partial charge on any atom is -0.0837 e. The number of hydrogen-bond acceptors (Lipinski definition) is 0. The van der Waals surface area contributed by atoms with E-state index in [0.29, 0.717) is 0 Å². The van der Waals surface area contributed by atoms with Gasteiger partial charge in [0.2, 0.25) is 0 Å². The van der Waals surface area contributed by atoms with Crippen LogP contribution in [0.1, 0.15) is 0 Å². The highest BCUT2D eigenvalue weighted by molar-refractivity contribution is 6.33. The highest BCUT2D eigenvalue weighted by Gasteiger charge is 2.22. The van der Waals surface area contributed by atoms with Crippen LogP contribution in [0.5, 0.6) is 0 Å². The Labute approximate surface area is 175 Å². The summed E-state index contributed by atoms with van der Waals surface area (Å²) in [6.07, 6.45) is 0. The molecule has 0 aliphatic heterocycles. The lowest BCUT2D eigenvalue weighted by Gasteiger charge is -2.15. The fraction of sp³-hybridized carbons (Fsp3) is 0. The topological polar surface area (TPSA) is 0 Å². The fourth-order valence-electron chi connectivity index (χ4n) is 4.68. The van der Waals surface area contributed by atoms with Gasteiger partial charge in [-0.3, -0.25) is 0 Å². The van der Waals surface area contributed by atoms with Crippen LogP contribution in [-0.2, 0) is 0 Å². The van der Waals surface area contributed by atoms with Crippen molar-refractivity contribution in [2.75, 3.05) is 0 Å². The molecule has 0 amide bonds. The Morgan fingerprint density at radius 3 is 1.45 bits per heavy atom. The number of benzene rings is 5. The second kappa shape index (κ2) is 6.34. The van der Waals surface area contributed by atoms with Gasteiger partial charge in [0, 0.05) is 10.6 Å². The standard InChI is InChI=1S/C28H17Cl/c29-27-15-6-5-12-23(27)19-9-2-1-8-18(19)22-16-17-26-21-11-4-3-10-20(21)24-13-7-14-25(22)28(24)26/h1-17H. The molecule has 5 aromatic rings. The van der Waals surface area contributed by atoms with Crippen LogP contribution in [0.3, 0.4) is 0 Å². The molecule has 0 atom stereocenters. The molecule has 5 aromatic carbocycles. The van der Waals surface area contributed by atoms with Gasteiger partial charge in [0.05, 0.1) is 0 Å². The molecule has 136 valence electrons. The van der Waals surface area contributed by atoms with Crippen LogP contribution in [-0.4, -0.2) is 0 Å². The van der Waals surface area contributed by atoms with Crippen LogP contribution in [0, 0.1) is 0 Å². The average molecular weight is 389 g/mol. The summed E-state index contributed by atoms with van der Waals surface area (Å²) in [5, 5.41) is 3.41. The zero-order chi connectivity index (χ0) is 19.4. The molecule has 1 aliphatic rings. The smallest absolute Gasteiger partial charge is 0.0484 e. The molecule has 0 unspecified atom stereocenters. The summed E-state index contributed by atoms with van der Waals surface area (Å²) in [4.78, 5) is 0. The zero-order valence-electron chi connectivity index (χ0n) is 15.7. The molecule has 29 heavy (non-hydrogen) atoms. The second-order valence-electron chi connectivity index (χ2n) is 7.46. The first-order valence-corrected chi connectivity index (χ1v) is 10.2. The SMILES string of the molecule is Clc1ccccc1-c1ccccc1-c1ccc2c3c(cccc13)-c1ccccc1-2. The van der Waals surface area contributed by atoms with E-state index in [1.165, 1.54) is 44.2 Å². The van der Waals surface area contributed by atoms with Crippen LogP contribution in [0.2, 0.25) is 5.02 Å². The van der Waals surface area contributed by atoms with Crippen LogP contribution < -0.4 is 0 Å². The highest BCUT2D eigenvalue weighted by Crippen LogP contribution is 2.50. The molecule has 0 heterocycles. The third-order valence-corrected chi connectivity index (χ3v) is 6.26. The van der Waals surface area contributed by atoms with Gasteiger partial charge in [0.25, 0.3) is 0 Å². The maximum atomic E-state index is 6.56. The van der Waals surface area contributed by atoms with Gasteiger partial charge in [-0.1, -0.05) is 109 Å². The maximum Gasteiger partial charge on any atom is 0.0484 e. The van der Waals surface area contributed by atoms with Crippen molar-refractivity contribution >= 4 is 22.4 Å². The summed E-state index contributed by atoms with van der Waals surface area (Å²) in [7, 11) is 0. The van der Waals surface area contributed by atoms with Crippen molar-refractivity contribution in [3.8, 4) is 44.5 Å². The lowest BCUT2D eigenvalue weighted by molar-refractivity contribution is 1.60. The third kappa shape index (κ3) is 2.40. The lowest BCUT2D eigenvalue weighted by Crippen LogP contribution is -1.88. The monoisotopic (exact) mass is 388 g/mol. The van der Waals surface area contributed by atoms with Crippen molar-refractivity contribution < 1.29 is 0 Å². The third-order valence-electron chi connectivity index (χ3n) is 5.93. The van der Waals surface area contributed by atoms with E-state index < -0.39 is 0 Å². The van der Waals surface area contributed by atoms with Gasteiger partial charge in [-0.15, -0.1) is 0 Å². The van der Waals surface area contributed by atoms with E-state index in [4.69, 9.17) is 11.6 Å². The molecule has 0 radical (unpaired) electrons. The van der Waals surface area contributed by atoms with Gasteiger partial charge in [0.1, 0.15) is 0 Å². The minimum absolute atomic E-state index is 0.776. The molecule has 0 saturated heterocycles. The van der Waals surface area contributed by atoms with Gasteiger partial charge in [-0.2, -0.15) is 0 Å². The van der Waals surface area contributed by atoms with Gasteiger partial charge >= 0.3 is 0 Å². The van der Waals surface area contributed by atoms with E-state index in [1.54, 1.807) is 0 Å². The number of rotatable bonds is 2. The van der Waals surface area contributed by atoms with Crippen LogP contribution in [0.15, 0.2) is 103 Å². The largest absolute Gasteiger partial charge is 0.0837 e. The van der Waals surface area contributed by atoms with E-state index >= 15 is 0 Å². The Morgan fingerprint density at radius 1 is 0.345 bits per heavy atom. The Morgan fingerprint density at radius 2 is 0.793 bits per heavy atom. The first-order valence-electron chi connectivity index (χ1n) is 9.83. The number of hydrogen-bond donors (Lipinski definition) is 0. The van der Waals surface area contributed by atoms with E-state index in [-0.39, 0.29) is 0 Å². The molecular formula is C28H17Cl. The predicted octanol–water partition coefficient (Wildman–Crippen LogP) is 8.47. The molecule has 1 aliphatic carbocycles. The zero-order valence-corrected chi connectivity index (χ0v) is 16.4. The molecule has 0 nitrogen and oxygen atoms in total. The minimum atomic E-state index is 0.776. The fourth-order valence-corrected chi connectivity index (χ4v) is 4.91. The Bertz CT molecular complexity index is 1380. The normalized spacial score (nSPS) is 11.6. The van der Waals surface area contributed by atoms with Gasteiger partial charge in [0.15, 0.2) is 0 Å². The molecular weight excluding hydrogens is 372 g/mol. The average Bonchev–Trinajstić information content (AvgIpc) is 3.10. The summed E-state index contributed by atoms with van der Waals surface area (Å²) in [6.45, 7) is 0. The number of halogens is 1.